The van der Waals surface area contributed by atoms with E-state index in [0.717, 1.165) is 27.7 Å². The predicted molar refractivity (Wildman–Crippen MR) is 123 cm³/mol. The molecule has 0 aliphatic carbocycles. The third-order valence-corrected chi connectivity index (χ3v) is 5.63. The normalized spacial score (nSPS) is 11.9. The molecule has 0 aliphatic heterocycles. The van der Waals surface area contributed by atoms with Crippen molar-refractivity contribution in [1.29, 1.82) is 0 Å². The van der Waals surface area contributed by atoms with Gasteiger partial charge < -0.3 is 9.88 Å². The fourth-order valence-electron chi connectivity index (χ4n) is 4.02. The topological polar surface area (TPSA) is 90.1 Å². The van der Waals surface area contributed by atoms with Crippen molar-refractivity contribution in [2.45, 2.75) is 18.8 Å². The molecule has 4 aromatic rings. The molecule has 2 heterocycles. The molecule has 1 N–H and O–H groups in total. The van der Waals surface area contributed by atoms with E-state index in [1.807, 2.05) is 60.3 Å². The average Bonchev–Trinajstić information content (AvgIpc) is 3.15. The van der Waals surface area contributed by atoms with Crippen molar-refractivity contribution in [2.24, 2.45) is 7.05 Å². The highest BCUT2D eigenvalue weighted by Crippen LogP contribution is 2.35. The molecule has 0 radical (unpaired) electrons. The number of carbonyl (C=O) groups is 1. The van der Waals surface area contributed by atoms with Gasteiger partial charge in [-0.05, 0) is 29.3 Å². The number of benzene rings is 2. The molecule has 2 aromatic heterocycles. The summed E-state index contributed by atoms with van der Waals surface area (Å²) in [6.45, 7) is 0.498. The molecule has 0 saturated carbocycles. The van der Waals surface area contributed by atoms with Gasteiger partial charge in [0.1, 0.15) is 0 Å². The van der Waals surface area contributed by atoms with E-state index in [-0.39, 0.29) is 23.9 Å². The summed E-state index contributed by atoms with van der Waals surface area (Å²) in [5, 5.41) is 15.1. The molecular weight excluding hydrogens is 404 g/mol. The van der Waals surface area contributed by atoms with Gasteiger partial charge in [0.25, 0.3) is 5.69 Å². The predicted octanol–water partition coefficient (Wildman–Crippen LogP) is 4.36. The minimum atomic E-state index is -0.416. The van der Waals surface area contributed by atoms with Gasteiger partial charge in [-0.15, -0.1) is 0 Å². The number of non-ortho nitro benzene ring substituents is 1. The molecule has 2 aromatic carbocycles. The number of nitrogens with one attached hydrogen (secondary N) is 1. The number of amides is 1. The van der Waals surface area contributed by atoms with Crippen molar-refractivity contribution < 1.29 is 9.72 Å². The number of nitro benzene ring substituents is 1. The van der Waals surface area contributed by atoms with E-state index in [4.69, 9.17) is 0 Å². The summed E-state index contributed by atoms with van der Waals surface area (Å²) in [5.41, 5.74) is 3.92. The van der Waals surface area contributed by atoms with Crippen LogP contribution < -0.4 is 5.32 Å². The number of aromatic nitrogens is 2. The van der Waals surface area contributed by atoms with E-state index in [9.17, 15) is 14.9 Å². The van der Waals surface area contributed by atoms with Crippen LogP contribution in [0.1, 0.15) is 29.2 Å². The number of hydrogen-bond donors (Lipinski definition) is 1. The van der Waals surface area contributed by atoms with E-state index >= 15 is 0 Å². The molecule has 32 heavy (non-hydrogen) atoms. The molecule has 7 nitrogen and oxygen atoms in total. The number of pyridine rings is 1. The van der Waals surface area contributed by atoms with E-state index < -0.39 is 4.92 Å². The first-order valence-electron chi connectivity index (χ1n) is 10.5. The number of para-hydroxylation sites is 1. The molecule has 4 rings (SSSR count). The quantitative estimate of drug-likeness (QED) is 0.333. The number of nitro groups is 1. The van der Waals surface area contributed by atoms with Gasteiger partial charge in [-0.1, -0.05) is 36.4 Å². The summed E-state index contributed by atoms with van der Waals surface area (Å²) in [6.07, 6.45) is 4.68. The van der Waals surface area contributed by atoms with E-state index in [0.29, 0.717) is 13.0 Å². The minimum absolute atomic E-state index is 0.0326. The van der Waals surface area contributed by atoms with Gasteiger partial charge in [0.15, 0.2) is 0 Å². The Morgan fingerprint density at radius 2 is 1.84 bits per heavy atom. The Kier molecular flexibility index (Phi) is 6.26. The summed E-state index contributed by atoms with van der Waals surface area (Å²) >= 11 is 0. The number of aryl methyl sites for hydroxylation is 1. The molecule has 0 aliphatic rings. The molecule has 7 heteroatoms. The van der Waals surface area contributed by atoms with E-state index in [1.165, 1.54) is 12.1 Å². The third-order valence-electron chi connectivity index (χ3n) is 5.63. The van der Waals surface area contributed by atoms with Crippen LogP contribution >= 0.6 is 0 Å². The van der Waals surface area contributed by atoms with Crippen molar-refractivity contribution in [2.75, 3.05) is 6.54 Å². The summed E-state index contributed by atoms with van der Waals surface area (Å²) in [7, 11) is 1.98. The van der Waals surface area contributed by atoms with Gasteiger partial charge in [0, 0.05) is 73.5 Å². The Bertz CT molecular complexity index is 1230. The lowest BCUT2D eigenvalue weighted by molar-refractivity contribution is -0.384. The van der Waals surface area contributed by atoms with Crippen molar-refractivity contribution >= 4 is 22.5 Å². The van der Waals surface area contributed by atoms with Crippen LogP contribution in [-0.4, -0.2) is 26.9 Å². The Balaban J connectivity index is 1.58. The fraction of sp³-hybridized carbons (Fsp3) is 0.200. The van der Waals surface area contributed by atoms with Crippen LogP contribution in [0.4, 0.5) is 5.69 Å². The summed E-state index contributed by atoms with van der Waals surface area (Å²) < 4.78 is 2.04. The van der Waals surface area contributed by atoms with Crippen molar-refractivity contribution in [1.82, 2.24) is 14.9 Å². The third kappa shape index (κ3) is 4.67. The molecule has 1 amide bonds. The lowest BCUT2D eigenvalue weighted by atomic mass is 9.88. The fourth-order valence-corrected chi connectivity index (χ4v) is 4.02. The smallest absolute Gasteiger partial charge is 0.269 e. The number of carbonyl (C=O) groups excluding carboxylic acids is 1. The SMILES string of the molecule is Cn1cc([C@H](CC(=O)NCCc2ccccn2)c2ccc([N+](=O)[O-])cc2)c2ccccc21. The Hall–Kier alpha value is -4.00. The van der Waals surface area contributed by atoms with Gasteiger partial charge in [-0.2, -0.15) is 0 Å². The van der Waals surface area contributed by atoms with Crippen LogP contribution in [-0.2, 0) is 18.3 Å². The van der Waals surface area contributed by atoms with Gasteiger partial charge in [0.2, 0.25) is 5.91 Å². The highest BCUT2D eigenvalue weighted by Gasteiger charge is 2.23. The van der Waals surface area contributed by atoms with Gasteiger partial charge in [0.05, 0.1) is 4.92 Å². The van der Waals surface area contributed by atoms with Crippen LogP contribution in [0.2, 0.25) is 0 Å². The Morgan fingerprint density at radius 1 is 1.09 bits per heavy atom. The highest BCUT2D eigenvalue weighted by molar-refractivity contribution is 5.86. The van der Waals surface area contributed by atoms with Gasteiger partial charge in [-0.3, -0.25) is 19.9 Å². The number of rotatable bonds is 8. The number of nitrogens with zero attached hydrogens (tertiary/aromatic N) is 3. The maximum Gasteiger partial charge on any atom is 0.269 e. The largest absolute Gasteiger partial charge is 0.356 e. The first-order valence-corrected chi connectivity index (χ1v) is 10.5. The first-order chi connectivity index (χ1) is 15.5. The lowest BCUT2D eigenvalue weighted by Crippen LogP contribution is -2.27. The Labute approximate surface area is 185 Å². The number of hydrogen-bond acceptors (Lipinski definition) is 4. The zero-order chi connectivity index (χ0) is 22.5. The zero-order valence-corrected chi connectivity index (χ0v) is 17.8. The van der Waals surface area contributed by atoms with Gasteiger partial charge in [-0.25, -0.2) is 0 Å². The van der Waals surface area contributed by atoms with Crippen LogP contribution in [0, 0.1) is 10.1 Å². The van der Waals surface area contributed by atoms with Crippen LogP contribution in [0.15, 0.2) is 79.1 Å². The highest BCUT2D eigenvalue weighted by atomic mass is 16.6. The second-order valence-corrected chi connectivity index (χ2v) is 7.74. The average molecular weight is 428 g/mol. The first kappa shape index (κ1) is 21.2. The molecule has 0 bridgehead atoms. The second kappa shape index (κ2) is 9.43. The molecule has 162 valence electrons. The lowest BCUT2D eigenvalue weighted by Gasteiger charge is -2.17. The monoisotopic (exact) mass is 428 g/mol. The summed E-state index contributed by atoms with van der Waals surface area (Å²) in [5.74, 6) is -0.297. The molecule has 1 atom stereocenters. The van der Waals surface area contributed by atoms with E-state index in [1.54, 1.807) is 18.3 Å². The second-order valence-electron chi connectivity index (χ2n) is 7.74. The number of fused-ring (bicyclic) bond motifs is 1. The zero-order valence-electron chi connectivity index (χ0n) is 17.8. The van der Waals surface area contributed by atoms with Crippen LogP contribution in [0.25, 0.3) is 10.9 Å². The molecule has 0 fully saturated rings. The van der Waals surface area contributed by atoms with Crippen molar-refractivity contribution in [3.8, 4) is 0 Å². The Morgan fingerprint density at radius 3 is 2.56 bits per heavy atom. The standard InChI is InChI=1S/C25H24N4O3/c1-28-17-23(21-7-2-3-8-24(21)28)22(18-9-11-20(12-10-18)29(31)32)16-25(30)27-15-13-19-6-4-5-14-26-19/h2-12,14,17,22H,13,15-16H2,1H3,(H,27,30)/t22-/m1/s1. The van der Waals surface area contributed by atoms with Crippen LogP contribution in [0.3, 0.4) is 0 Å². The van der Waals surface area contributed by atoms with Crippen LogP contribution in [0.5, 0.6) is 0 Å². The van der Waals surface area contributed by atoms with Crippen molar-refractivity contribution in [3.63, 3.8) is 0 Å². The molecule has 0 spiro atoms. The maximum absolute atomic E-state index is 12.9. The van der Waals surface area contributed by atoms with Gasteiger partial charge >= 0.3 is 0 Å². The maximum atomic E-state index is 12.9. The molecule has 0 unspecified atom stereocenters. The molecular formula is C25H24N4O3. The van der Waals surface area contributed by atoms with E-state index in [2.05, 4.69) is 10.3 Å². The summed E-state index contributed by atoms with van der Waals surface area (Å²) in [6, 6.07) is 20.2. The minimum Gasteiger partial charge on any atom is -0.356 e. The molecule has 0 saturated heterocycles. The van der Waals surface area contributed by atoms with Crippen molar-refractivity contribution in [3.05, 3.63) is 106 Å². The summed E-state index contributed by atoms with van der Waals surface area (Å²) in [4.78, 5) is 27.8.